The second-order valence-corrected chi connectivity index (χ2v) is 5.95. The minimum Gasteiger partial charge on any atom is -0.478 e. The number of aliphatic carboxylic acids is 1. The highest BCUT2D eigenvalue weighted by atomic mass is 16.4. The first-order chi connectivity index (χ1) is 8.70. The van der Waals surface area contributed by atoms with Crippen LogP contribution in [0.15, 0.2) is 12.2 Å². The van der Waals surface area contributed by atoms with E-state index in [1.54, 1.807) is 0 Å². The lowest BCUT2D eigenvalue weighted by Crippen LogP contribution is -2.31. The molecule has 0 saturated carbocycles. The minimum atomic E-state index is -0.935. The smallest absolute Gasteiger partial charge is 0.330 e. The zero-order chi connectivity index (χ0) is 15.3. The molecule has 0 saturated heterocycles. The Morgan fingerprint density at radius 3 is 1.79 bits per heavy atom. The standard InChI is InChI=1S/C12H27N.C4H6O2/c1-4-5-6-7-8-9-10-11-12(2,3)13;1-3(2)4(5)6/h4-11,13H2,1-3H3;1H2,2H3,(H,5,6). The Labute approximate surface area is 119 Å². The molecular weight excluding hydrogens is 238 g/mol. The predicted octanol–water partition coefficient (Wildman–Crippen LogP) is 4.51. The van der Waals surface area contributed by atoms with Crippen LogP contribution in [-0.4, -0.2) is 16.6 Å². The van der Waals surface area contributed by atoms with Crippen molar-refractivity contribution in [2.45, 2.75) is 84.6 Å². The number of carbonyl (C=O) groups is 1. The van der Waals surface area contributed by atoms with Crippen molar-refractivity contribution in [2.24, 2.45) is 5.73 Å². The highest BCUT2D eigenvalue weighted by Crippen LogP contribution is 2.13. The Bertz CT molecular complexity index is 230. The van der Waals surface area contributed by atoms with Crippen LogP contribution < -0.4 is 5.73 Å². The van der Waals surface area contributed by atoms with Crippen LogP contribution in [-0.2, 0) is 4.79 Å². The Balaban J connectivity index is 0. The molecule has 0 aliphatic rings. The van der Waals surface area contributed by atoms with Crippen LogP contribution in [0.5, 0.6) is 0 Å². The third kappa shape index (κ3) is 22.8. The first-order valence-corrected chi connectivity index (χ1v) is 7.38. The first-order valence-electron chi connectivity index (χ1n) is 7.38. The number of rotatable bonds is 9. The molecule has 0 aromatic heterocycles. The van der Waals surface area contributed by atoms with E-state index in [9.17, 15) is 4.79 Å². The molecule has 0 aliphatic heterocycles. The minimum absolute atomic E-state index is 0.0451. The summed E-state index contributed by atoms with van der Waals surface area (Å²) in [7, 11) is 0. The topological polar surface area (TPSA) is 63.3 Å². The van der Waals surface area contributed by atoms with Gasteiger partial charge in [0.25, 0.3) is 0 Å². The van der Waals surface area contributed by atoms with Gasteiger partial charge in [-0.3, -0.25) is 0 Å². The summed E-state index contributed by atoms with van der Waals surface area (Å²) in [4.78, 5) is 9.60. The zero-order valence-corrected chi connectivity index (χ0v) is 13.3. The molecule has 0 heterocycles. The molecule has 0 aromatic carbocycles. The SMILES string of the molecule is C=C(C)C(=O)O.CCCCCCCCCC(C)(C)N. The van der Waals surface area contributed by atoms with Crippen LogP contribution in [0.2, 0.25) is 0 Å². The number of unbranched alkanes of at least 4 members (excludes halogenated alkanes) is 6. The largest absolute Gasteiger partial charge is 0.478 e. The molecule has 0 atom stereocenters. The van der Waals surface area contributed by atoms with Crippen LogP contribution in [0.4, 0.5) is 0 Å². The summed E-state index contributed by atoms with van der Waals surface area (Å²) in [6.45, 7) is 11.1. The lowest BCUT2D eigenvalue weighted by Gasteiger charge is -2.17. The zero-order valence-electron chi connectivity index (χ0n) is 13.3. The van der Waals surface area contributed by atoms with E-state index in [0.29, 0.717) is 0 Å². The summed E-state index contributed by atoms with van der Waals surface area (Å²) in [6.07, 6.45) is 10.8. The van der Waals surface area contributed by atoms with Gasteiger partial charge in [0.05, 0.1) is 0 Å². The van der Waals surface area contributed by atoms with E-state index in [1.165, 1.54) is 58.3 Å². The normalized spacial score (nSPS) is 10.6. The van der Waals surface area contributed by atoms with E-state index in [1.807, 2.05) is 0 Å². The van der Waals surface area contributed by atoms with Gasteiger partial charge in [-0.1, -0.05) is 58.4 Å². The summed E-state index contributed by atoms with van der Waals surface area (Å²) < 4.78 is 0. The van der Waals surface area contributed by atoms with Crippen molar-refractivity contribution in [3.63, 3.8) is 0 Å². The van der Waals surface area contributed by atoms with E-state index in [-0.39, 0.29) is 11.1 Å². The average molecular weight is 271 g/mol. The maximum atomic E-state index is 9.60. The fraction of sp³-hybridized carbons (Fsp3) is 0.812. The Kier molecular flexibility index (Phi) is 13.2. The third-order valence-electron chi connectivity index (χ3n) is 2.79. The lowest BCUT2D eigenvalue weighted by atomic mass is 9.97. The molecule has 0 radical (unpaired) electrons. The summed E-state index contributed by atoms with van der Waals surface area (Å²) in [6, 6.07) is 0. The highest BCUT2D eigenvalue weighted by molar-refractivity contribution is 5.84. The summed E-state index contributed by atoms with van der Waals surface area (Å²) in [5.74, 6) is -0.935. The van der Waals surface area contributed by atoms with E-state index in [0.717, 1.165) is 0 Å². The number of carboxylic acids is 1. The van der Waals surface area contributed by atoms with Crippen molar-refractivity contribution in [3.8, 4) is 0 Å². The van der Waals surface area contributed by atoms with Gasteiger partial charge in [-0.05, 0) is 27.2 Å². The third-order valence-corrected chi connectivity index (χ3v) is 2.79. The van der Waals surface area contributed by atoms with Crippen LogP contribution in [0.3, 0.4) is 0 Å². The summed E-state index contributed by atoms with van der Waals surface area (Å²) >= 11 is 0. The monoisotopic (exact) mass is 271 g/mol. The molecule has 0 aliphatic carbocycles. The maximum absolute atomic E-state index is 9.60. The number of hydrogen-bond acceptors (Lipinski definition) is 2. The number of nitrogens with two attached hydrogens (primary N) is 1. The Morgan fingerprint density at radius 1 is 1.11 bits per heavy atom. The van der Waals surface area contributed by atoms with Crippen molar-refractivity contribution in [1.29, 1.82) is 0 Å². The molecule has 19 heavy (non-hydrogen) atoms. The fourth-order valence-corrected chi connectivity index (χ4v) is 1.54. The molecule has 0 amide bonds. The summed E-state index contributed by atoms with van der Waals surface area (Å²) in [5, 5.41) is 7.89. The molecule has 3 nitrogen and oxygen atoms in total. The average Bonchev–Trinajstić information content (AvgIpc) is 2.27. The van der Waals surface area contributed by atoms with Gasteiger partial charge in [0.15, 0.2) is 0 Å². The summed E-state index contributed by atoms with van der Waals surface area (Å²) in [5.41, 5.74) is 6.12. The predicted molar refractivity (Wildman–Crippen MR) is 83.3 cm³/mol. The van der Waals surface area contributed by atoms with Crippen molar-refractivity contribution in [1.82, 2.24) is 0 Å². The number of carboxylic acid groups (broad SMARTS) is 1. The Hall–Kier alpha value is -0.830. The van der Waals surface area contributed by atoms with Crippen molar-refractivity contribution < 1.29 is 9.90 Å². The van der Waals surface area contributed by atoms with Gasteiger partial charge < -0.3 is 10.8 Å². The highest BCUT2D eigenvalue weighted by Gasteiger charge is 2.08. The van der Waals surface area contributed by atoms with Gasteiger partial charge in [0, 0.05) is 11.1 Å². The van der Waals surface area contributed by atoms with Gasteiger partial charge in [-0.25, -0.2) is 4.79 Å². The van der Waals surface area contributed by atoms with Crippen LogP contribution in [0.1, 0.15) is 79.1 Å². The van der Waals surface area contributed by atoms with Gasteiger partial charge >= 0.3 is 5.97 Å². The van der Waals surface area contributed by atoms with E-state index < -0.39 is 5.97 Å². The lowest BCUT2D eigenvalue weighted by molar-refractivity contribution is -0.132. The fourth-order valence-electron chi connectivity index (χ4n) is 1.54. The van der Waals surface area contributed by atoms with Crippen LogP contribution in [0.25, 0.3) is 0 Å². The molecule has 0 unspecified atom stereocenters. The molecule has 3 heteroatoms. The van der Waals surface area contributed by atoms with Gasteiger partial charge in [-0.2, -0.15) is 0 Å². The molecule has 0 fully saturated rings. The Morgan fingerprint density at radius 2 is 1.47 bits per heavy atom. The van der Waals surface area contributed by atoms with Crippen molar-refractivity contribution >= 4 is 5.97 Å². The molecular formula is C16H33NO2. The van der Waals surface area contributed by atoms with Crippen molar-refractivity contribution in [3.05, 3.63) is 12.2 Å². The molecule has 0 rings (SSSR count). The molecule has 0 aromatic rings. The van der Waals surface area contributed by atoms with Gasteiger partial charge in [-0.15, -0.1) is 0 Å². The quantitative estimate of drug-likeness (QED) is 0.479. The van der Waals surface area contributed by atoms with Crippen LogP contribution >= 0.6 is 0 Å². The molecule has 0 spiro atoms. The second kappa shape index (κ2) is 12.2. The van der Waals surface area contributed by atoms with Crippen molar-refractivity contribution in [2.75, 3.05) is 0 Å². The second-order valence-electron chi connectivity index (χ2n) is 5.95. The van der Waals surface area contributed by atoms with E-state index in [4.69, 9.17) is 10.8 Å². The van der Waals surface area contributed by atoms with E-state index >= 15 is 0 Å². The molecule has 0 bridgehead atoms. The molecule has 3 N–H and O–H groups in total. The number of hydrogen-bond donors (Lipinski definition) is 2. The van der Waals surface area contributed by atoms with Gasteiger partial charge in [0.1, 0.15) is 0 Å². The maximum Gasteiger partial charge on any atom is 0.330 e. The first kappa shape index (κ1) is 20.5. The van der Waals surface area contributed by atoms with E-state index in [2.05, 4.69) is 27.4 Å². The van der Waals surface area contributed by atoms with Crippen LogP contribution in [0, 0.1) is 0 Å². The molecule has 114 valence electrons. The van der Waals surface area contributed by atoms with Gasteiger partial charge in [0.2, 0.25) is 0 Å².